The Labute approximate surface area is 186 Å². The van der Waals surface area contributed by atoms with Crippen LogP contribution >= 0.6 is 0 Å². The minimum absolute atomic E-state index is 0.123. The van der Waals surface area contributed by atoms with Gasteiger partial charge in [0.1, 0.15) is 11.9 Å². The average Bonchev–Trinajstić information content (AvgIpc) is 3.12. The number of benzene rings is 2. The van der Waals surface area contributed by atoms with Gasteiger partial charge in [-0.2, -0.15) is 0 Å². The maximum atomic E-state index is 13.2. The van der Waals surface area contributed by atoms with E-state index in [4.69, 9.17) is 9.72 Å². The maximum absolute atomic E-state index is 13.2. The molecule has 1 N–H and O–H groups in total. The molecular formula is C24H28FN5O2. The van der Waals surface area contributed by atoms with E-state index in [-0.39, 0.29) is 17.8 Å². The lowest BCUT2D eigenvalue weighted by molar-refractivity contribution is -0.140. The standard InChI is InChI=1S/C24H28FN5O2/c25-19-8-6-18(7-9-19)22-16-30(14-15-32-22)23(31)17-28-10-3-11-29(13-12-28)24-26-20-4-1-2-5-21(20)27-24/h1-2,4-9,22H,3,10-17H2,(H,26,27). The number of H-pyrrole nitrogens is 1. The summed E-state index contributed by atoms with van der Waals surface area (Å²) in [5.41, 5.74) is 2.92. The first-order chi connectivity index (χ1) is 15.7. The van der Waals surface area contributed by atoms with E-state index in [0.29, 0.717) is 26.2 Å². The number of nitrogens with zero attached hydrogens (tertiary/aromatic N) is 4. The lowest BCUT2D eigenvalue weighted by Gasteiger charge is -2.34. The van der Waals surface area contributed by atoms with E-state index in [1.165, 1.54) is 12.1 Å². The molecule has 7 nitrogen and oxygen atoms in total. The normalized spacial score (nSPS) is 20.5. The van der Waals surface area contributed by atoms with E-state index >= 15 is 0 Å². The van der Waals surface area contributed by atoms with Crippen LogP contribution < -0.4 is 4.90 Å². The van der Waals surface area contributed by atoms with Gasteiger partial charge in [-0.15, -0.1) is 0 Å². The van der Waals surface area contributed by atoms with Gasteiger partial charge >= 0.3 is 0 Å². The number of nitrogens with one attached hydrogen (secondary N) is 1. The summed E-state index contributed by atoms with van der Waals surface area (Å²) in [6, 6.07) is 14.4. The predicted molar refractivity (Wildman–Crippen MR) is 121 cm³/mol. The molecule has 5 rings (SSSR count). The summed E-state index contributed by atoms with van der Waals surface area (Å²) in [5.74, 6) is 0.752. The van der Waals surface area contributed by atoms with Crippen LogP contribution in [0.4, 0.5) is 10.3 Å². The second kappa shape index (κ2) is 9.26. The Kier molecular flexibility index (Phi) is 6.05. The summed E-state index contributed by atoms with van der Waals surface area (Å²) in [6.07, 6.45) is 0.770. The number of para-hydroxylation sites is 2. The number of aromatic amines is 1. The van der Waals surface area contributed by atoms with Crippen LogP contribution in [0.1, 0.15) is 18.1 Å². The molecule has 0 aliphatic carbocycles. The molecule has 0 saturated carbocycles. The Balaban J connectivity index is 1.17. The average molecular weight is 438 g/mol. The van der Waals surface area contributed by atoms with E-state index in [1.807, 2.05) is 29.2 Å². The highest BCUT2D eigenvalue weighted by Gasteiger charge is 2.27. The van der Waals surface area contributed by atoms with Crippen molar-refractivity contribution in [2.75, 3.05) is 57.3 Å². The quantitative estimate of drug-likeness (QED) is 0.680. The zero-order valence-corrected chi connectivity index (χ0v) is 18.0. The molecule has 0 bridgehead atoms. The third-order valence-corrected chi connectivity index (χ3v) is 6.28. The Morgan fingerprint density at radius 1 is 1.06 bits per heavy atom. The van der Waals surface area contributed by atoms with Crippen molar-refractivity contribution >= 4 is 22.9 Å². The molecule has 2 aliphatic heterocycles. The third kappa shape index (κ3) is 4.61. The first kappa shape index (κ1) is 20.9. The number of hydrogen-bond donors (Lipinski definition) is 1. The molecular weight excluding hydrogens is 409 g/mol. The van der Waals surface area contributed by atoms with Crippen molar-refractivity contribution in [3.8, 4) is 0 Å². The number of hydrogen-bond acceptors (Lipinski definition) is 5. The molecule has 2 aromatic carbocycles. The molecule has 2 saturated heterocycles. The minimum Gasteiger partial charge on any atom is -0.370 e. The number of anilines is 1. The molecule has 3 aromatic rings. The molecule has 0 radical (unpaired) electrons. The highest BCUT2D eigenvalue weighted by atomic mass is 19.1. The van der Waals surface area contributed by atoms with Crippen molar-refractivity contribution in [1.29, 1.82) is 0 Å². The number of rotatable bonds is 4. The fraction of sp³-hybridized carbons (Fsp3) is 0.417. The Bertz CT molecular complexity index is 1040. The van der Waals surface area contributed by atoms with Gasteiger partial charge in [-0.3, -0.25) is 9.69 Å². The van der Waals surface area contributed by atoms with Crippen molar-refractivity contribution < 1.29 is 13.9 Å². The summed E-state index contributed by atoms with van der Waals surface area (Å²) < 4.78 is 19.1. The molecule has 8 heteroatoms. The van der Waals surface area contributed by atoms with E-state index in [0.717, 1.165) is 55.1 Å². The van der Waals surface area contributed by atoms with Crippen molar-refractivity contribution in [2.45, 2.75) is 12.5 Å². The van der Waals surface area contributed by atoms with Gasteiger partial charge < -0.3 is 19.5 Å². The second-order valence-corrected chi connectivity index (χ2v) is 8.45. The number of ether oxygens (including phenoxy) is 1. The van der Waals surface area contributed by atoms with Crippen LogP contribution in [0, 0.1) is 5.82 Å². The van der Waals surface area contributed by atoms with Crippen molar-refractivity contribution in [2.24, 2.45) is 0 Å². The van der Waals surface area contributed by atoms with Gasteiger partial charge in [-0.05, 0) is 36.2 Å². The first-order valence-electron chi connectivity index (χ1n) is 11.2. The van der Waals surface area contributed by atoms with Gasteiger partial charge in [0.2, 0.25) is 11.9 Å². The highest BCUT2D eigenvalue weighted by Crippen LogP contribution is 2.23. The fourth-order valence-electron chi connectivity index (χ4n) is 4.48. The van der Waals surface area contributed by atoms with Gasteiger partial charge in [-0.25, -0.2) is 9.37 Å². The second-order valence-electron chi connectivity index (χ2n) is 8.45. The third-order valence-electron chi connectivity index (χ3n) is 6.28. The molecule has 32 heavy (non-hydrogen) atoms. The highest BCUT2D eigenvalue weighted by molar-refractivity contribution is 5.78. The van der Waals surface area contributed by atoms with Crippen LogP contribution in [-0.2, 0) is 9.53 Å². The number of amides is 1. The number of carbonyl (C=O) groups excluding carboxylic acids is 1. The summed E-state index contributed by atoms with van der Waals surface area (Å²) in [6.45, 7) is 5.43. The van der Waals surface area contributed by atoms with Crippen LogP contribution in [0.2, 0.25) is 0 Å². The zero-order valence-electron chi connectivity index (χ0n) is 18.0. The van der Waals surface area contributed by atoms with Crippen LogP contribution in [0.25, 0.3) is 11.0 Å². The SMILES string of the molecule is O=C(CN1CCCN(c2nc3ccccc3[nH]2)CC1)N1CCOC(c2ccc(F)cc2)C1. The lowest BCUT2D eigenvalue weighted by atomic mass is 10.1. The number of imidazole rings is 1. The number of morpholine rings is 1. The van der Waals surface area contributed by atoms with Crippen LogP contribution in [-0.4, -0.2) is 78.1 Å². The Morgan fingerprint density at radius 3 is 2.75 bits per heavy atom. The first-order valence-corrected chi connectivity index (χ1v) is 11.2. The molecule has 2 aliphatic rings. The molecule has 1 aromatic heterocycles. The van der Waals surface area contributed by atoms with Gasteiger partial charge in [0, 0.05) is 32.7 Å². The molecule has 3 heterocycles. The maximum Gasteiger partial charge on any atom is 0.236 e. The summed E-state index contributed by atoms with van der Waals surface area (Å²) in [4.78, 5) is 27.5. The van der Waals surface area contributed by atoms with E-state index in [2.05, 4.69) is 14.8 Å². The predicted octanol–water partition coefficient (Wildman–Crippen LogP) is 2.81. The van der Waals surface area contributed by atoms with E-state index in [1.54, 1.807) is 12.1 Å². The zero-order chi connectivity index (χ0) is 21.9. The molecule has 1 amide bonds. The van der Waals surface area contributed by atoms with Gasteiger partial charge in [-0.1, -0.05) is 24.3 Å². The van der Waals surface area contributed by atoms with Crippen molar-refractivity contribution in [3.63, 3.8) is 0 Å². The van der Waals surface area contributed by atoms with Gasteiger partial charge in [0.05, 0.1) is 30.7 Å². The molecule has 1 unspecified atom stereocenters. The molecule has 0 spiro atoms. The summed E-state index contributed by atoms with van der Waals surface area (Å²) >= 11 is 0. The van der Waals surface area contributed by atoms with Crippen molar-refractivity contribution in [3.05, 3.63) is 59.9 Å². The molecule has 168 valence electrons. The lowest BCUT2D eigenvalue weighted by Crippen LogP contribution is -2.47. The van der Waals surface area contributed by atoms with Crippen LogP contribution in [0.15, 0.2) is 48.5 Å². The molecule has 2 fully saturated rings. The van der Waals surface area contributed by atoms with E-state index in [9.17, 15) is 9.18 Å². The van der Waals surface area contributed by atoms with Crippen LogP contribution in [0.5, 0.6) is 0 Å². The van der Waals surface area contributed by atoms with Gasteiger partial charge in [0.15, 0.2) is 0 Å². The summed E-state index contributed by atoms with van der Waals surface area (Å²) in [5, 5.41) is 0. The topological polar surface area (TPSA) is 64.7 Å². The number of halogens is 1. The van der Waals surface area contributed by atoms with E-state index < -0.39 is 0 Å². The number of carbonyl (C=O) groups is 1. The van der Waals surface area contributed by atoms with Crippen LogP contribution in [0.3, 0.4) is 0 Å². The Morgan fingerprint density at radius 2 is 1.91 bits per heavy atom. The number of fused-ring (bicyclic) bond motifs is 1. The number of aromatic nitrogens is 2. The van der Waals surface area contributed by atoms with Crippen molar-refractivity contribution in [1.82, 2.24) is 19.8 Å². The fourth-order valence-corrected chi connectivity index (χ4v) is 4.48. The molecule has 1 atom stereocenters. The summed E-state index contributed by atoms with van der Waals surface area (Å²) in [7, 11) is 0. The Hall–Kier alpha value is -2.97. The van der Waals surface area contributed by atoms with Gasteiger partial charge in [0.25, 0.3) is 0 Å². The monoisotopic (exact) mass is 437 g/mol. The minimum atomic E-state index is -0.268. The smallest absolute Gasteiger partial charge is 0.236 e. The largest absolute Gasteiger partial charge is 0.370 e.